The molecule has 2 aliphatic rings. The smallest absolute Gasteiger partial charge is 0.328 e. The minimum atomic E-state index is -1.08. The van der Waals surface area contributed by atoms with Gasteiger partial charge in [-0.25, -0.2) is 4.79 Å². The number of ether oxygens (including phenoxy) is 1. The van der Waals surface area contributed by atoms with Gasteiger partial charge >= 0.3 is 5.97 Å². The average Bonchev–Trinajstić information content (AvgIpc) is 2.77. The van der Waals surface area contributed by atoms with Gasteiger partial charge in [0.05, 0.1) is 5.54 Å². The zero-order valence-electron chi connectivity index (χ0n) is 16.9. The van der Waals surface area contributed by atoms with Gasteiger partial charge in [-0.2, -0.15) is 0 Å². The molecule has 2 aliphatic heterocycles. The third-order valence-corrected chi connectivity index (χ3v) is 6.99. The maximum Gasteiger partial charge on any atom is 0.328 e. The molecule has 0 spiro atoms. The van der Waals surface area contributed by atoms with Gasteiger partial charge in [0.2, 0.25) is 5.91 Å². The Hall–Kier alpha value is -3.20. The highest BCUT2D eigenvalue weighted by Crippen LogP contribution is 2.43. The number of nitrogens with zero attached hydrogens (tertiary/aromatic N) is 1. The first-order valence-corrected chi connectivity index (χ1v) is 10.9. The van der Waals surface area contributed by atoms with Crippen molar-refractivity contribution in [1.29, 1.82) is 0 Å². The van der Waals surface area contributed by atoms with Gasteiger partial charge in [-0.1, -0.05) is 36.4 Å². The fraction of sp³-hybridized carbons (Fsp3) is 0.318. The number of carboxylic acid groups (broad SMARTS) is 1. The molecule has 3 unspecified atom stereocenters. The summed E-state index contributed by atoms with van der Waals surface area (Å²) in [6.45, 7) is 1.58. The van der Waals surface area contributed by atoms with Crippen LogP contribution in [-0.4, -0.2) is 63.1 Å². The van der Waals surface area contributed by atoms with E-state index in [1.54, 1.807) is 31.2 Å². The van der Waals surface area contributed by atoms with Crippen LogP contribution in [0.5, 0.6) is 5.75 Å². The SMILES string of the molecule is CC1(Nc2ccccc2)CS[C@@H]2C(NC(=O)COc3ccccc3)C(=O)N2C1C(=O)O. The Balaban J connectivity index is 1.41. The molecule has 2 aromatic rings. The number of β-lactam (4-membered cyclic amide) rings is 1. The number of benzene rings is 2. The lowest BCUT2D eigenvalue weighted by atomic mass is 9.87. The van der Waals surface area contributed by atoms with Crippen LogP contribution < -0.4 is 15.4 Å². The number of carbonyl (C=O) groups excluding carboxylic acids is 2. The van der Waals surface area contributed by atoms with Crippen LogP contribution in [0.15, 0.2) is 60.7 Å². The van der Waals surface area contributed by atoms with Gasteiger partial charge in [0.1, 0.15) is 17.2 Å². The molecule has 2 aromatic carbocycles. The van der Waals surface area contributed by atoms with Gasteiger partial charge in [-0.05, 0) is 31.2 Å². The van der Waals surface area contributed by atoms with Crippen molar-refractivity contribution in [1.82, 2.24) is 10.2 Å². The van der Waals surface area contributed by atoms with Crippen LogP contribution in [0, 0.1) is 0 Å². The lowest BCUT2D eigenvalue weighted by Gasteiger charge is -2.57. The van der Waals surface area contributed by atoms with Gasteiger partial charge < -0.3 is 25.4 Å². The second-order valence-electron chi connectivity index (χ2n) is 7.74. The van der Waals surface area contributed by atoms with Crippen LogP contribution in [0.25, 0.3) is 0 Å². The Bertz CT molecular complexity index is 974. The number of rotatable bonds is 7. The number of para-hydroxylation sites is 2. The summed E-state index contributed by atoms with van der Waals surface area (Å²) >= 11 is 1.45. The summed E-state index contributed by atoms with van der Waals surface area (Å²) in [5.74, 6) is -0.897. The van der Waals surface area contributed by atoms with E-state index in [-0.39, 0.29) is 6.61 Å². The summed E-state index contributed by atoms with van der Waals surface area (Å²) in [5, 5.41) is 15.5. The quantitative estimate of drug-likeness (QED) is 0.562. The van der Waals surface area contributed by atoms with Crippen molar-refractivity contribution < 1.29 is 24.2 Å². The molecule has 0 bridgehead atoms. The Morgan fingerprint density at radius 1 is 1.16 bits per heavy atom. The van der Waals surface area contributed by atoms with Crippen LogP contribution in [-0.2, 0) is 14.4 Å². The van der Waals surface area contributed by atoms with E-state index < -0.39 is 40.8 Å². The molecule has 9 heteroatoms. The summed E-state index contributed by atoms with van der Waals surface area (Å²) in [6.07, 6.45) is 0. The van der Waals surface area contributed by atoms with Crippen LogP contribution >= 0.6 is 11.8 Å². The number of aliphatic carboxylic acids is 1. The zero-order chi connectivity index (χ0) is 22.0. The molecular formula is C22H23N3O5S. The third kappa shape index (κ3) is 4.18. The van der Waals surface area contributed by atoms with Crippen LogP contribution in [0.3, 0.4) is 0 Å². The number of nitrogens with one attached hydrogen (secondary N) is 2. The van der Waals surface area contributed by atoms with Crippen LogP contribution in [0.1, 0.15) is 6.92 Å². The average molecular weight is 442 g/mol. The Kier molecular flexibility index (Phi) is 5.77. The predicted octanol–water partition coefficient (Wildman–Crippen LogP) is 1.79. The number of amides is 2. The summed E-state index contributed by atoms with van der Waals surface area (Å²) < 4.78 is 5.42. The number of anilines is 1. The molecule has 31 heavy (non-hydrogen) atoms. The fourth-order valence-corrected chi connectivity index (χ4v) is 5.45. The first-order valence-electron chi connectivity index (χ1n) is 9.86. The summed E-state index contributed by atoms with van der Waals surface area (Å²) in [5.41, 5.74) is -0.0822. The van der Waals surface area contributed by atoms with Crippen molar-refractivity contribution in [3.05, 3.63) is 60.7 Å². The molecule has 2 heterocycles. The number of carbonyl (C=O) groups is 3. The first kappa shape index (κ1) is 21.0. The van der Waals surface area contributed by atoms with Crippen molar-refractivity contribution in [2.75, 3.05) is 17.7 Å². The molecule has 2 saturated heterocycles. The van der Waals surface area contributed by atoms with Crippen molar-refractivity contribution in [3.8, 4) is 5.75 Å². The molecule has 8 nitrogen and oxygen atoms in total. The molecule has 0 aliphatic carbocycles. The summed E-state index contributed by atoms with van der Waals surface area (Å²) in [7, 11) is 0. The van der Waals surface area contributed by atoms with E-state index in [0.717, 1.165) is 5.69 Å². The van der Waals surface area contributed by atoms with E-state index in [4.69, 9.17) is 4.74 Å². The third-order valence-electron chi connectivity index (χ3n) is 5.38. The molecule has 4 rings (SSSR count). The van der Waals surface area contributed by atoms with Crippen molar-refractivity contribution in [2.24, 2.45) is 0 Å². The lowest BCUT2D eigenvalue weighted by molar-refractivity contribution is -0.165. The Labute approximate surface area is 184 Å². The predicted molar refractivity (Wildman–Crippen MR) is 117 cm³/mol. The van der Waals surface area contributed by atoms with Crippen LogP contribution in [0.2, 0.25) is 0 Å². The normalized spacial score (nSPS) is 26.9. The maximum absolute atomic E-state index is 12.8. The highest BCUT2D eigenvalue weighted by atomic mass is 32.2. The molecule has 2 amide bonds. The number of thioether (sulfide) groups is 1. The Morgan fingerprint density at radius 2 is 1.81 bits per heavy atom. The van der Waals surface area contributed by atoms with Gasteiger partial charge in [0.25, 0.3) is 5.91 Å². The fourth-order valence-electron chi connectivity index (χ4n) is 3.94. The van der Waals surface area contributed by atoms with E-state index >= 15 is 0 Å². The van der Waals surface area contributed by atoms with Crippen molar-refractivity contribution in [2.45, 2.75) is 29.9 Å². The van der Waals surface area contributed by atoms with Crippen molar-refractivity contribution in [3.63, 3.8) is 0 Å². The second-order valence-corrected chi connectivity index (χ2v) is 8.85. The molecule has 0 aromatic heterocycles. The number of carboxylic acids is 1. The minimum absolute atomic E-state index is 0.221. The molecule has 2 fully saturated rings. The number of hydrogen-bond acceptors (Lipinski definition) is 6. The van der Waals surface area contributed by atoms with E-state index in [1.165, 1.54) is 16.7 Å². The number of hydrogen-bond donors (Lipinski definition) is 3. The lowest BCUT2D eigenvalue weighted by Crippen LogP contribution is -2.80. The molecule has 4 atom stereocenters. The van der Waals surface area contributed by atoms with Gasteiger partial charge in [-0.3, -0.25) is 9.59 Å². The monoisotopic (exact) mass is 441 g/mol. The zero-order valence-corrected chi connectivity index (χ0v) is 17.7. The molecule has 3 N–H and O–H groups in total. The minimum Gasteiger partial charge on any atom is -0.484 e. The van der Waals surface area contributed by atoms with Crippen molar-refractivity contribution >= 4 is 35.2 Å². The molecular weight excluding hydrogens is 418 g/mol. The van der Waals surface area contributed by atoms with E-state index in [1.807, 2.05) is 36.4 Å². The van der Waals surface area contributed by atoms with E-state index in [2.05, 4.69) is 10.6 Å². The standard InChI is InChI=1S/C22H23N3O5S/c1-22(24-14-8-4-2-5-9-14)13-31-20-17(19(27)25(20)18(22)21(28)29)23-16(26)12-30-15-10-6-3-7-11-15/h2-11,17-18,20,24H,12-13H2,1H3,(H,23,26)(H,28,29)/t17?,18?,20-,22?/m1/s1. The number of fused-ring (bicyclic) bond motifs is 1. The second kappa shape index (κ2) is 8.50. The summed E-state index contributed by atoms with van der Waals surface area (Å²) in [6, 6.07) is 16.4. The van der Waals surface area contributed by atoms with Crippen LogP contribution in [0.4, 0.5) is 5.69 Å². The van der Waals surface area contributed by atoms with Gasteiger partial charge in [0.15, 0.2) is 12.6 Å². The first-order chi connectivity index (χ1) is 14.9. The topological polar surface area (TPSA) is 108 Å². The highest BCUT2D eigenvalue weighted by molar-refractivity contribution is 8.00. The van der Waals surface area contributed by atoms with E-state index in [9.17, 15) is 19.5 Å². The maximum atomic E-state index is 12.8. The molecule has 162 valence electrons. The Morgan fingerprint density at radius 3 is 2.45 bits per heavy atom. The summed E-state index contributed by atoms with van der Waals surface area (Å²) in [4.78, 5) is 38.6. The van der Waals surface area contributed by atoms with E-state index in [0.29, 0.717) is 11.5 Å². The highest BCUT2D eigenvalue weighted by Gasteiger charge is 2.61. The molecule has 0 radical (unpaired) electrons. The van der Waals surface area contributed by atoms with Gasteiger partial charge in [-0.15, -0.1) is 11.8 Å². The van der Waals surface area contributed by atoms with Gasteiger partial charge in [0, 0.05) is 11.4 Å². The largest absolute Gasteiger partial charge is 0.484 e. The molecule has 0 saturated carbocycles.